The fourth-order valence-electron chi connectivity index (χ4n) is 8.54. The number of carbonyl (C=O) groups is 4. The van der Waals surface area contributed by atoms with E-state index in [2.05, 4.69) is 15.6 Å². The van der Waals surface area contributed by atoms with Crippen molar-refractivity contribution in [2.24, 2.45) is 10.8 Å². The maximum absolute atomic E-state index is 14.7. The van der Waals surface area contributed by atoms with Crippen LogP contribution in [-0.2, 0) is 29.0 Å². The summed E-state index contributed by atoms with van der Waals surface area (Å²) in [5, 5.41) is 40.3. The molecule has 3 aromatic carbocycles. The Morgan fingerprint density at radius 3 is 2.08 bits per heavy atom. The summed E-state index contributed by atoms with van der Waals surface area (Å²) in [5.41, 5.74) is 2.63. The van der Waals surface area contributed by atoms with Crippen LogP contribution in [0, 0.1) is 27.9 Å². The number of hydrogen-bond donors (Lipinski definition) is 4. The molecule has 4 N–H and O–H groups in total. The molecule has 2 heterocycles. The third kappa shape index (κ3) is 12.2. The van der Waals surface area contributed by atoms with E-state index in [9.17, 15) is 39.5 Å². The molecule has 336 valence electrons. The van der Waals surface area contributed by atoms with Gasteiger partial charge in [0.25, 0.3) is 5.69 Å². The summed E-state index contributed by atoms with van der Waals surface area (Å²) in [4.78, 5) is 75.0. The highest BCUT2D eigenvalue weighted by molar-refractivity contribution is 5.89. The first-order valence-electron chi connectivity index (χ1n) is 21.2. The number of aryl methyl sites for hydroxylation is 1. The van der Waals surface area contributed by atoms with Gasteiger partial charge in [0, 0.05) is 49.1 Å². The first-order valence-corrected chi connectivity index (χ1v) is 21.2. The van der Waals surface area contributed by atoms with Crippen molar-refractivity contribution in [1.29, 1.82) is 0 Å². The third-order valence-electron chi connectivity index (χ3n) is 11.5. The first kappa shape index (κ1) is 47.7. The lowest BCUT2D eigenvalue weighted by Crippen LogP contribution is -2.59. The smallest absolute Gasteiger partial charge is 0.407 e. The predicted octanol–water partition coefficient (Wildman–Crippen LogP) is 6.85. The van der Waals surface area contributed by atoms with E-state index >= 15 is 0 Å². The van der Waals surface area contributed by atoms with E-state index in [4.69, 9.17) is 0 Å². The monoisotopic (exact) mass is 863 g/mol. The van der Waals surface area contributed by atoms with E-state index in [1.807, 2.05) is 93.6 Å². The van der Waals surface area contributed by atoms with Crippen LogP contribution in [0.4, 0.5) is 15.3 Å². The number of para-hydroxylation sites is 1. The number of amides is 5. The minimum atomic E-state index is -1.26. The molecule has 4 aromatic rings. The second kappa shape index (κ2) is 20.2. The summed E-state index contributed by atoms with van der Waals surface area (Å²) in [7, 11) is 1.35. The van der Waals surface area contributed by atoms with E-state index in [0.29, 0.717) is 11.1 Å². The van der Waals surface area contributed by atoms with Crippen LogP contribution in [0.25, 0.3) is 11.3 Å². The number of benzene rings is 3. The number of aliphatic hydroxyl groups excluding tert-OH is 1. The Labute approximate surface area is 369 Å². The molecule has 1 aromatic heterocycles. The number of nitro benzene ring substituents is 1. The highest BCUT2D eigenvalue weighted by Gasteiger charge is 2.45. The van der Waals surface area contributed by atoms with E-state index in [0.717, 1.165) is 27.3 Å². The van der Waals surface area contributed by atoms with Gasteiger partial charge >= 0.3 is 12.1 Å². The number of nitrogens with one attached hydrogen (secondary N) is 2. The summed E-state index contributed by atoms with van der Waals surface area (Å²) < 4.78 is 0. The van der Waals surface area contributed by atoms with Crippen molar-refractivity contribution < 1.29 is 34.3 Å². The molecule has 0 unspecified atom stereocenters. The van der Waals surface area contributed by atoms with Gasteiger partial charge < -0.3 is 30.6 Å². The minimum absolute atomic E-state index is 0.00153. The molecule has 0 saturated carbocycles. The van der Waals surface area contributed by atoms with Gasteiger partial charge in [-0.25, -0.2) is 9.59 Å². The van der Waals surface area contributed by atoms with Crippen LogP contribution in [0.5, 0.6) is 0 Å². The molecule has 0 aliphatic carbocycles. The van der Waals surface area contributed by atoms with Gasteiger partial charge in [-0.15, -0.1) is 0 Å². The number of carbonyl (C=O) groups excluding carboxylic acids is 3. The molecule has 5 amide bonds. The molecule has 15 nitrogen and oxygen atoms in total. The molecule has 1 fully saturated rings. The molecular formula is C48H61N7O8. The zero-order valence-corrected chi connectivity index (χ0v) is 37.4. The van der Waals surface area contributed by atoms with Gasteiger partial charge in [-0.05, 0) is 60.3 Å². The molecule has 0 radical (unpaired) electrons. The Balaban J connectivity index is 1.44. The van der Waals surface area contributed by atoms with Crippen molar-refractivity contribution in [3.8, 4) is 11.3 Å². The molecule has 0 bridgehead atoms. The highest BCUT2D eigenvalue weighted by atomic mass is 16.6. The zero-order chi connectivity index (χ0) is 46.2. The number of pyridine rings is 1. The zero-order valence-electron chi connectivity index (χ0n) is 37.4. The molecule has 1 aliphatic rings. The summed E-state index contributed by atoms with van der Waals surface area (Å²) >= 11 is 0. The Morgan fingerprint density at radius 2 is 1.49 bits per heavy atom. The maximum atomic E-state index is 14.7. The summed E-state index contributed by atoms with van der Waals surface area (Å²) in [6, 6.07) is 23.6. The number of aromatic nitrogens is 1. The Morgan fingerprint density at radius 1 is 0.841 bits per heavy atom. The topological polar surface area (TPSA) is 199 Å². The number of nitrogens with zero attached hydrogens (tertiary/aromatic N) is 5. The van der Waals surface area contributed by atoms with Gasteiger partial charge in [-0.2, -0.15) is 0 Å². The van der Waals surface area contributed by atoms with Crippen molar-refractivity contribution in [2.75, 3.05) is 20.1 Å². The second-order valence-corrected chi connectivity index (χ2v) is 18.6. The largest absolute Gasteiger partial charge is 0.465 e. The normalized spacial score (nSPS) is 15.5. The second-order valence-electron chi connectivity index (χ2n) is 18.6. The number of aliphatic hydroxyl groups is 1. The van der Waals surface area contributed by atoms with Gasteiger partial charge in [0.05, 0.1) is 29.3 Å². The quantitative estimate of drug-likeness (QED) is 0.0648. The number of rotatable bonds is 17. The van der Waals surface area contributed by atoms with Crippen LogP contribution in [0.2, 0.25) is 0 Å². The fraction of sp³-hybridized carbons (Fsp3) is 0.438. The lowest BCUT2D eigenvalue weighted by molar-refractivity contribution is -0.386. The SMILES string of the molecule is Cc1cccc(CN2CCN([C@H](C(=O)N[C@@H](Cc3ccccc3)[C@@H](O)C[C@H](Cc3ccc(-c4ccccn4)cc3)NC(=O)[C@@H](N(C)C(=O)O)C(C)(C)C)C(C)(C)C)C2=O)c1[N+](=O)[O-]. The average molecular weight is 864 g/mol. The predicted molar refractivity (Wildman–Crippen MR) is 241 cm³/mol. The lowest BCUT2D eigenvalue weighted by atomic mass is 9.84. The van der Waals surface area contributed by atoms with Gasteiger partial charge in [-0.1, -0.05) is 120 Å². The maximum Gasteiger partial charge on any atom is 0.407 e. The Kier molecular flexibility index (Phi) is 15.3. The molecule has 15 heteroatoms. The van der Waals surface area contributed by atoms with Crippen molar-refractivity contribution in [3.05, 3.63) is 130 Å². The third-order valence-corrected chi connectivity index (χ3v) is 11.5. The first-order chi connectivity index (χ1) is 29.6. The van der Waals surface area contributed by atoms with Gasteiger partial charge in [0.15, 0.2) is 0 Å². The molecule has 1 saturated heterocycles. The lowest BCUT2D eigenvalue weighted by Gasteiger charge is -2.38. The Bertz CT molecular complexity index is 2230. The van der Waals surface area contributed by atoms with E-state index < -0.39 is 70.0 Å². The number of urea groups is 1. The van der Waals surface area contributed by atoms with Gasteiger partial charge in [0.1, 0.15) is 12.1 Å². The number of nitro groups is 1. The van der Waals surface area contributed by atoms with Crippen LogP contribution >= 0.6 is 0 Å². The number of hydrogen-bond acceptors (Lipinski definition) is 8. The van der Waals surface area contributed by atoms with E-state index in [1.165, 1.54) is 16.8 Å². The van der Waals surface area contributed by atoms with Crippen LogP contribution in [0.3, 0.4) is 0 Å². The summed E-state index contributed by atoms with van der Waals surface area (Å²) in [5.74, 6) is -1.01. The number of carboxylic acid groups (broad SMARTS) is 1. The molecule has 1 aliphatic heterocycles. The molecule has 63 heavy (non-hydrogen) atoms. The average Bonchev–Trinajstić information content (AvgIpc) is 3.55. The summed E-state index contributed by atoms with van der Waals surface area (Å²) in [6.07, 6.45) is -0.317. The van der Waals surface area contributed by atoms with Crippen molar-refractivity contribution in [1.82, 2.24) is 30.3 Å². The fourth-order valence-corrected chi connectivity index (χ4v) is 8.54. The minimum Gasteiger partial charge on any atom is -0.465 e. The van der Waals surface area contributed by atoms with Gasteiger partial charge in [-0.3, -0.25) is 29.6 Å². The van der Waals surface area contributed by atoms with Gasteiger partial charge in [0.2, 0.25) is 11.8 Å². The highest BCUT2D eigenvalue weighted by Crippen LogP contribution is 2.31. The Hall–Kier alpha value is -6.35. The van der Waals surface area contributed by atoms with Crippen LogP contribution in [-0.4, -0.2) is 109 Å². The van der Waals surface area contributed by atoms with Crippen LogP contribution in [0.15, 0.2) is 97.2 Å². The van der Waals surface area contributed by atoms with Crippen LogP contribution in [0.1, 0.15) is 70.2 Å². The summed E-state index contributed by atoms with van der Waals surface area (Å²) in [6.45, 7) is 13.0. The molecular weight excluding hydrogens is 803 g/mol. The number of likely N-dealkylation sites (N-methyl/N-ethyl adjacent to an activating group) is 1. The molecule has 5 rings (SSSR count). The molecule has 5 atom stereocenters. The van der Waals surface area contributed by atoms with Crippen LogP contribution < -0.4 is 10.6 Å². The van der Waals surface area contributed by atoms with Crippen molar-refractivity contribution in [3.63, 3.8) is 0 Å². The standard InChI is InChI=1S/C48H61N7O8/c1-31-15-14-18-35(40(31)55(62)63)30-53-25-26-54(45(53)59)42(48(5,6)7)44(58)51-38(28-32-16-10-9-11-17-32)39(56)29-36(50-43(57)41(47(2,3)4)52(8)46(60)61)27-33-20-22-34(23-21-33)37-19-12-13-24-49-37/h9-24,36,38-39,41-42,56H,25-30H2,1-8H3,(H,50,57)(H,51,58)(H,60,61)/t36-,38-,39-,41+,42+/m0/s1. The van der Waals surface area contributed by atoms with Crippen molar-refractivity contribution in [2.45, 2.75) is 105 Å². The van der Waals surface area contributed by atoms with E-state index in [1.54, 1.807) is 52.1 Å². The molecule has 0 spiro atoms. The van der Waals surface area contributed by atoms with E-state index in [-0.39, 0.29) is 44.6 Å². The van der Waals surface area contributed by atoms with Crippen molar-refractivity contribution >= 4 is 29.6 Å².